The molecule has 1 aromatic heterocycles. The maximum absolute atomic E-state index is 3.23. The first-order valence-corrected chi connectivity index (χ1v) is 6.78. The minimum Gasteiger partial charge on any atom is -0.347 e. The molecule has 0 amide bonds. The average molecular weight is 244 g/mol. The van der Waals surface area contributed by atoms with Gasteiger partial charge in [-0.15, -0.1) is 0 Å². The van der Waals surface area contributed by atoms with Crippen molar-refractivity contribution in [1.29, 1.82) is 0 Å². The lowest BCUT2D eigenvalue weighted by Crippen LogP contribution is -2.12. The number of aromatic nitrogens is 1. The largest absolute Gasteiger partial charge is 0.347 e. The van der Waals surface area contributed by atoms with E-state index in [9.17, 15) is 0 Å². The second-order valence-corrected chi connectivity index (χ2v) is 5.42. The van der Waals surface area contributed by atoms with Crippen LogP contribution in [0.2, 0.25) is 0 Å². The third-order valence-electron chi connectivity index (χ3n) is 3.90. The van der Waals surface area contributed by atoms with Gasteiger partial charge in [0.25, 0.3) is 0 Å². The molecule has 0 spiro atoms. The molecule has 98 valence electrons. The van der Waals surface area contributed by atoms with Gasteiger partial charge in [-0.05, 0) is 43.1 Å². The van der Waals surface area contributed by atoms with Crippen LogP contribution in [0.4, 0.5) is 0 Å². The lowest BCUT2D eigenvalue weighted by Gasteiger charge is -2.06. The molecule has 2 heteroatoms. The Labute approximate surface area is 110 Å². The molecule has 0 aliphatic rings. The predicted octanol–water partition coefficient (Wildman–Crippen LogP) is 3.37. The monoisotopic (exact) mass is 244 g/mol. The molecule has 0 bridgehead atoms. The summed E-state index contributed by atoms with van der Waals surface area (Å²) in [5.74, 6) is 0.592. The van der Waals surface area contributed by atoms with Crippen LogP contribution < -0.4 is 5.32 Å². The van der Waals surface area contributed by atoms with Crippen LogP contribution in [0.25, 0.3) is 10.9 Å². The molecule has 0 atom stereocenters. The van der Waals surface area contributed by atoms with E-state index in [0.717, 1.165) is 13.0 Å². The van der Waals surface area contributed by atoms with Crippen LogP contribution in [0.15, 0.2) is 18.2 Å². The van der Waals surface area contributed by atoms with E-state index in [1.54, 1.807) is 0 Å². The van der Waals surface area contributed by atoms with Crippen LogP contribution in [0.1, 0.15) is 36.6 Å². The molecular weight excluding hydrogens is 220 g/mol. The van der Waals surface area contributed by atoms with Crippen LogP contribution in [-0.2, 0) is 13.5 Å². The van der Waals surface area contributed by atoms with Crippen molar-refractivity contribution in [2.45, 2.75) is 33.1 Å². The van der Waals surface area contributed by atoms with Crippen LogP contribution in [-0.4, -0.2) is 18.2 Å². The predicted molar refractivity (Wildman–Crippen MR) is 79.4 cm³/mol. The molecule has 0 aliphatic carbocycles. The van der Waals surface area contributed by atoms with Gasteiger partial charge in [-0.2, -0.15) is 0 Å². The van der Waals surface area contributed by atoms with Crippen LogP contribution in [0, 0.1) is 6.92 Å². The number of hydrogen-bond acceptors (Lipinski definition) is 1. The summed E-state index contributed by atoms with van der Waals surface area (Å²) < 4.78 is 2.34. The van der Waals surface area contributed by atoms with Crippen molar-refractivity contribution < 1.29 is 0 Å². The number of nitrogens with zero attached hydrogens (tertiary/aromatic N) is 1. The molecule has 2 nitrogen and oxygen atoms in total. The number of fused-ring (bicyclic) bond motifs is 1. The molecule has 1 N–H and O–H groups in total. The number of likely N-dealkylation sites (N-methyl/N-ethyl adjacent to an activating group) is 1. The molecular formula is C16H24N2. The smallest absolute Gasteiger partial charge is 0.0482 e. The van der Waals surface area contributed by atoms with Crippen molar-refractivity contribution in [2.24, 2.45) is 7.05 Å². The highest BCUT2D eigenvalue weighted by molar-refractivity contribution is 5.86. The zero-order valence-electron chi connectivity index (χ0n) is 12.2. The lowest BCUT2D eigenvalue weighted by atomic mass is 10.0. The molecule has 1 aromatic carbocycles. The summed E-state index contributed by atoms with van der Waals surface area (Å²) >= 11 is 0. The first-order chi connectivity index (χ1) is 8.56. The standard InChI is InChI=1S/C16H24N2/c1-11(2)13-6-7-16-14(10-13)12(3)15(18(16)5)8-9-17-4/h6-7,10-11,17H,8-9H2,1-5H3. The fraction of sp³-hybridized carbons (Fsp3) is 0.500. The summed E-state index contributed by atoms with van der Waals surface area (Å²) in [6.07, 6.45) is 1.09. The summed E-state index contributed by atoms with van der Waals surface area (Å²) in [5, 5.41) is 4.64. The summed E-state index contributed by atoms with van der Waals surface area (Å²) in [4.78, 5) is 0. The highest BCUT2D eigenvalue weighted by Gasteiger charge is 2.12. The second-order valence-electron chi connectivity index (χ2n) is 5.42. The van der Waals surface area contributed by atoms with Gasteiger partial charge in [0, 0.05) is 36.6 Å². The van der Waals surface area contributed by atoms with Gasteiger partial charge in [0.05, 0.1) is 0 Å². The molecule has 0 aliphatic heterocycles. The number of aryl methyl sites for hydroxylation is 2. The van der Waals surface area contributed by atoms with Gasteiger partial charge in [0.15, 0.2) is 0 Å². The summed E-state index contributed by atoms with van der Waals surface area (Å²) in [6.45, 7) is 7.78. The summed E-state index contributed by atoms with van der Waals surface area (Å²) in [7, 11) is 4.18. The first kappa shape index (κ1) is 13.2. The molecule has 0 radical (unpaired) electrons. The van der Waals surface area contributed by atoms with E-state index in [-0.39, 0.29) is 0 Å². The fourth-order valence-corrected chi connectivity index (χ4v) is 2.66. The van der Waals surface area contributed by atoms with Crippen molar-refractivity contribution in [1.82, 2.24) is 9.88 Å². The number of benzene rings is 1. The average Bonchev–Trinajstić information content (AvgIpc) is 2.59. The van der Waals surface area contributed by atoms with Gasteiger partial charge in [0.2, 0.25) is 0 Å². The first-order valence-electron chi connectivity index (χ1n) is 6.78. The van der Waals surface area contributed by atoms with Crippen LogP contribution in [0.3, 0.4) is 0 Å². The van der Waals surface area contributed by atoms with E-state index >= 15 is 0 Å². The molecule has 18 heavy (non-hydrogen) atoms. The van der Waals surface area contributed by atoms with Crippen molar-refractivity contribution in [3.8, 4) is 0 Å². The second kappa shape index (κ2) is 5.15. The van der Waals surface area contributed by atoms with E-state index in [4.69, 9.17) is 0 Å². The third kappa shape index (κ3) is 2.17. The molecule has 2 rings (SSSR count). The van der Waals surface area contributed by atoms with Gasteiger partial charge in [0.1, 0.15) is 0 Å². The third-order valence-corrected chi connectivity index (χ3v) is 3.90. The van der Waals surface area contributed by atoms with E-state index in [0.29, 0.717) is 5.92 Å². The number of nitrogens with one attached hydrogen (secondary N) is 1. The fourth-order valence-electron chi connectivity index (χ4n) is 2.66. The Morgan fingerprint density at radius 3 is 2.61 bits per heavy atom. The van der Waals surface area contributed by atoms with Gasteiger partial charge in [-0.25, -0.2) is 0 Å². The van der Waals surface area contributed by atoms with Crippen LogP contribution in [0.5, 0.6) is 0 Å². The minimum absolute atomic E-state index is 0.592. The summed E-state index contributed by atoms with van der Waals surface area (Å²) in [5.41, 5.74) is 5.66. The van der Waals surface area contributed by atoms with Gasteiger partial charge >= 0.3 is 0 Å². The lowest BCUT2D eigenvalue weighted by molar-refractivity contribution is 0.742. The van der Waals surface area contributed by atoms with Crippen molar-refractivity contribution in [3.63, 3.8) is 0 Å². The maximum atomic E-state index is 3.23. The Bertz CT molecular complexity index is 550. The van der Waals surface area contributed by atoms with Gasteiger partial charge in [-0.1, -0.05) is 19.9 Å². The van der Waals surface area contributed by atoms with E-state index < -0.39 is 0 Å². The van der Waals surface area contributed by atoms with Crippen molar-refractivity contribution in [2.75, 3.05) is 13.6 Å². The topological polar surface area (TPSA) is 17.0 Å². The highest BCUT2D eigenvalue weighted by Crippen LogP contribution is 2.28. The molecule has 1 heterocycles. The van der Waals surface area contributed by atoms with E-state index in [1.165, 1.54) is 27.7 Å². The highest BCUT2D eigenvalue weighted by atomic mass is 15.0. The Balaban J connectivity index is 2.55. The van der Waals surface area contributed by atoms with Gasteiger partial charge in [-0.3, -0.25) is 0 Å². The maximum Gasteiger partial charge on any atom is 0.0482 e. The number of hydrogen-bond donors (Lipinski definition) is 1. The number of rotatable bonds is 4. The normalized spacial score (nSPS) is 11.7. The Hall–Kier alpha value is -1.28. The molecule has 0 unspecified atom stereocenters. The SMILES string of the molecule is CNCCc1c(C)c2cc(C(C)C)ccc2n1C. The van der Waals surface area contributed by atoms with Crippen LogP contribution >= 0.6 is 0 Å². The molecule has 0 fully saturated rings. The van der Waals surface area contributed by atoms with Gasteiger partial charge < -0.3 is 9.88 Å². The quantitative estimate of drug-likeness (QED) is 0.872. The van der Waals surface area contributed by atoms with E-state index in [1.807, 2.05) is 7.05 Å². The molecule has 0 saturated carbocycles. The van der Waals surface area contributed by atoms with Crippen molar-refractivity contribution in [3.05, 3.63) is 35.0 Å². The Morgan fingerprint density at radius 1 is 1.28 bits per heavy atom. The van der Waals surface area contributed by atoms with E-state index in [2.05, 4.69) is 55.9 Å². The zero-order valence-corrected chi connectivity index (χ0v) is 12.2. The zero-order chi connectivity index (χ0) is 13.3. The van der Waals surface area contributed by atoms with Crippen molar-refractivity contribution >= 4 is 10.9 Å². The summed E-state index contributed by atoms with van der Waals surface area (Å²) in [6, 6.07) is 6.88. The molecule has 0 saturated heterocycles. The Morgan fingerprint density at radius 2 is 2.00 bits per heavy atom. The molecule has 2 aromatic rings. The Kier molecular flexibility index (Phi) is 3.76. The minimum atomic E-state index is 0.592.